The molecule has 0 bridgehead atoms. The minimum Gasteiger partial charge on any atom is -0.744 e. The Labute approximate surface area is 218 Å². The van der Waals surface area contributed by atoms with Gasteiger partial charge in [-0.25, -0.2) is 13.2 Å². The first kappa shape index (κ1) is 24.0. The molecule has 0 atom stereocenters. The summed E-state index contributed by atoms with van der Waals surface area (Å²) >= 11 is 20.2. The van der Waals surface area contributed by atoms with Gasteiger partial charge in [-0.15, -0.1) is 0 Å². The predicted octanol–water partition coefficient (Wildman–Crippen LogP) is 6.83. The van der Waals surface area contributed by atoms with Crippen molar-refractivity contribution in [1.29, 1.82) is 0 Å². The van der Waals surface area contributed by atoms with Gasteiger partial charge >= 0.3 is 5.97 Å². The van der Waals surface area contributed by atoms with E-state index in [4.69, 9.17) is 4.74 Å². The molecule has 5 nitrogen and oxygen atoms in total. The van der Waals surface area contributed by atoms with E-state index < -0.39 is 16.1 Å². The smallest absolute Gasteiger partial charge is 0.345 e. The molecule has 0 radical (unpaired) electrons. The van der Waals surface area contributed by atoms with Crippen LogP contribution >= 0.6 is 125 Å². The van der Waals surface area contributed by atoms with E-state index >= 15 is 0 Å². The van der Waals surface area contributed by atoms with E-state index in [-0.39, 0.29) is 23.3 Å². The Morgan fingerprint density at radius 3 is 1.65 bits per heavy atom. The summed E-state index contributed by atoms with van der Waals surface area (Å²) < 4.78 is 42.5. The molecule has 0 amide bonds. The van der Waals surface area contributed by atoms with Gasteiger partial charge in [-0.2, -0.15) is 0 Å². The van der Waals surface area contributed by atoms with Gasteiger partial charge in [0.2, 0.25) is 0 Å². The zero-order chi connectivity index (χ0) is 20.0. The number of esters is 1. The third kappa shape index (κ3) is 5.05. The lowest BCUT2D eigenvalue weighted by Gasteiger charge is -2.15. The molecule has 0 heterocycles. The molecular formula is C13H2Br5I2O5S-. The number of rotatable bonds is 3. The first-order chi connectivity index (χ1) is 11.9. The Bertz CT molecular complexity index is 990. The predicted molar refractivity (Wildman–Crippen MR) is 130 cm³/mol. The van der Waals surface area contributed by atoms with Gasteiger partial charge in [0.15, 0.2) is 0 Å². The van der Waals surface area contributed by atoms with Crippen molar-refractivity contribution in [3.8, 4) is 5.75 Å². The van der Waals surface area contributed by atoms with Crippen LogP contribution in [0, 0.1) is 7.14 Å². The van der Waals surface area contributed by atoms with Gasteiger partial charge in [0.25, 0.3) is 0 Å². The molecule has 140 valence electrons. The Balaban J connectivity index is 2.50. The van der Waals surface area contributed by atoms with E-state index in [1.165, 1.54) is 12.1 Å². The quantitative estimate of drug-likeness (QED) is 0.0843. The summed E-state index contributed by atoms with van der Waals surface area (Å²) in [7, 11) is -4.63. The van der Waals surface area contributed by atoms with Crippen LogP contribution in [-0.4, -0.2) is 18.9 Å². The third-order valence-corrected chi connectivity index (χ3v) is 12.3. The van der Waals surface area contributed by atoms with Crippen molar-refractivity contribution in [2.75, 3.05) is 0 Å². The van der Waals surface area contributed by atoms with Crippen LogP contribution in [0.1, 0.15) is 10.4 Å². The van der Waals surface area contributed by atoms with E-state index in [2.05, 4.69) is 79.6 Å². The molecule has 13 heteroatoms. The molecule has 26 heavy (non-hydrogen) atoms. The average molecular weight is 924 g/mol. The standard InChI is InChI=1S/C13H3Br5I2O5S/c14-7-6(8(15)10(17)11(18)9(7)16)13(21)25-3-1-4(19)12(5(20)2-3)26(22,23)24/h1-2H,(H,22,23,24)/p-1. The lowest BCUT2D eigenvalue weighted by molar-refractivity contribution is 0.0732. The average Bonchev–Trinajstić information content (AvgIpc) is 2.49. The number of ether oxygens (including phenoxy) is 1. The zero-order valence-electron chi connectivity index (χ0n) is 11.7. The number of hydrogen-bond acceptors (Lipinski definition) is 5. The van der Waals surface area contributed by atoms with Crippen LogP contribution in [0.5, 0.6) is 5.75 Å². The fourth-order valence-electron chi connectivity index (χ4n) is 1.78. The Morgan fingerprint density at radius 2 is 1.27 bits per heavy atom. The lowest BCUT2D eigenvalue weighted by Crippen LogP contribution is -2.12. The maximum absolute atomic E-state index is 12.7. The molecule has 0 saturated carbocycles. The monoisotopic (exact) mass is 918 g/mol. The topological polar surface area (TPSA) is 83.5 Å². The van der Waals surface area contributed by atoms with Gasteiger partial charge in [-0.1, -0.05) is 0 Å². The first-order valence-corrected chi connectivity index (χ1v) is 13.6. The summed E-state index contributed by atoms with van der Waals surface area (Å²) in [6, 6.07) is 2.63. The van der Waals surface area contributed by atoms with Crippen molar-refractivity contribution in [3.63, 3.8) is 0 Å². The lowest BCUT2D eigenvalue weighted by atomic mass is 10.2. The van der Waals surface area contributed by atoms with E-state index in [1.807, 2.05) is 0 Å². The normalized spacial score (nSPS) is 11.5. The first-order valence-electron chi connectivity index (χ1n) is 6.04. The van der Waals surface area contributed by atoms with Crippen molar-refractivity contribution in [3.05, 3.63) is 47.2 Å². The van der Waals surface area contributed by atoms with Crippen LogP contribution in [0.4, 0.5) is 0 Å². The zero-order valence-corrected chi connectivity index (χ0v) is 24.8. The molecule has 2 rings (SSSR count). The maximum atomic E-state index is 12.7. The van der Waals surface area contributed by atoms with Crippen molar-refractivity contribution < 1.29 is 22.5 Å². The summed E-state index contributed by atoms with van der Waals surface area (Å²) in [6.45, 7) is 0. The van der Waals surface area contributed by atoms with Crippen molar-refractivity contribution in [2.45, 2.75) is 4.90 Å². The van der Waals surface area contributed by atoms with E-state index in [1.54, 1.807) is 45.2 Å². The minimum atomic E-state index is -4.63. The molecule has 0 aliphatic rings. The van der Waals surface area contributed by atoms with Gasteiger partial charge in [-0.3, -0.25) is 0 Å². The highest BCUT2D eigenvalue weighted by Gasteiger charge is 2.25. The van der Waals surface area contributed by atoms with Crippen LogP contribution < -0.4 is 4.74 Å². The van der Waals surface area contributed by atoms with Gasteiger partial charge in [0, 0.05) is 29.5 Å². The second-order valence-electron chi connectivity index (χ2n) is 4.50. The SMILES string of the molecule is O=C(Oc1cc(I)c(S(=O)(=O)[O-])c(I)c1)c1c(Br)c(Br)c(Br)c(Br)c1Br. The Morgan fingerprint density at radius 1 is 0.885 bits per heavy atom. The molecule has 0 aromatic heterocycles. The molecule has 0 fully saturated rings. The van der Waals surface area contributed by atoms with Crippen molar-refractivity contribution in [2.24, 2.45) is 0 Å². The number of hydrogen-bond donors (Lipinski definition) is 0. The van der Waals surface area contributed by atoms with E-state index in [9.17, 15) is 17.8 Å². The van der Waals surface area contributed by atoms with Crippen molar-refractivity contribution >= 4 is 141 Å². The molecule has 0 spiro atoms. The second kappa shape index (κ2) is 9.22. The van der Waals surface area contributed by atoms with Crippen LogP contribution in [0.25, 0.3) is 0 Å². The highest BCUT2D eigenvalue weighted by molar-refractivity contribution is 14.1. The van der Waals surface area contributed by atoms with Gasteiger partial charge in [-0.05, 0) is 137 Å². The van der Waals surface area contributed by atoms with Crippen LogP contribution in [-0.2, 0) is 10.1 Å². The molecule has 0 aliphatic carbocycles. The number of benzene rings is 2. The summed E-state index contributed by atoms with van der Waals surface area (Å²) in [4.78, 5) is 12.3. The van der Waals surface area contributed by atoms with Gasteiger partial charge in [0.1, 0.15) is 15.9 Å². The summed E-state index contributed by atoms with van der Waals surface area (Å²) in [5, 5.41) is 0. The van der Waals surface area contributed by atoms with Crippen LogP contribution in [0.2, 0.25) is 0 Å². The highest BCUT2D eigenvalue weighted by atomic mass is 127. The minimum absolute atomic E-state index is 0.116. The second-order valence-corrected chi connectivity index (χ2v) is 12.1. The van der Waals surface area contributed by atoms with Crippen molar-refractivity contribution in [1.82, 2.24) is 0 Å². The van der Waals surface area contributed by atoms with E-state index in [0.717, 1.165) is 0 Å². The molecule has 0 saturated heterocycles. The number of carbonyl (C=O) groups is 1. The molecule has 2 aromatic carbocycles. The summed E-state index contributed by atoms with van der Waals surface area (Å²) in [5.74, 6) is -0.563. The summed E-state index contributed by atoms with van der Waals surface area (Å²) in [5.41, 5.74) is 0.220. The summed E-state index contributed by atoms with van der Waals surface area (Å²) in [6.07, 6.45) is 0. The Hall–Kier alpha value is 1.68. The fraction of sp³-hybridized carbons (Fsp3) is 0. The molecule has 0 aliphatic heterocycles. The van der Waals surface area contributed by atoms with Crippen LogP contribution in [0.15, 0.2) is 39.4 Å². The van der Waals surface area contributed by atoms with Crippen LogP contribution in [0.3, 0.4) is 0 Å². The fourth-order valence-corrected chi connectivity index (χ4v) is 9.07. The largest absolute Gasteiger partial charge is 0.744 e. The maximum Gasteiger partial charge on any atom is 0.345 e. The number of carbonyl (C=O) groups excluding carboxylic acids is 1. The molecule has 0 N–H and O–H groups in total. The molecular weight excluding hydrogens is 922 g/mol. The number of halogens is 7. The highest BCUT2D eigenvalue weighted by Crippen LogP contribution is 2.44. The third-order valence-electron chi connectivity index (χ3n) is 2.85. The molecule has 0 unspecified atom stereocenters. The Kier molecular flexibility index (Phi) is 8.50. The van der Waals surface area contributed by atoms with Gasteiger partial charge in [0.05, 0.1) is 10.5 Å². The van der Waals surface area contributed by atoms with E-state index in [0.29, 0.717) is 22.4 Å². The molecule has 2 aromatic rings. The van der Waals surface area contributed by atoms with Gasteiger partial charge < -0.3 is 9.29 Å².